The molecule has 1 saturated carbocycles. The van der Waals surface area contributed by atoms with Crippen LogP contribution in [0.5, 0.6) is 0 Å². The Morgan fingerprint density at radius 1 is 0.556 bits per heavy atom. The van der Waals surface area contributed by atoms with Crippen molar-refractivity contribution in [3.05, 3.63) is 70.8 Å². The standard InChI is InChI=1S/C18H16/c1-2-6-12-11(5-1)17-13-7-3-4-8-14(13)18(12)16-10-9-15(16)17/h1-8,15-18H,9-10H2/t15-,16-,17?,18?/m1/s1. The first-order valence-corrected chi connectivity index (χ1v) is 7.13. The first kappa shape index (κ1) is 9.38. The van der Waals surface area contributed by atoms with Gasteiger partial charge in [0.1, 0.15) is 0 Å². The Labute approximate surface area is 108 Å². The van der Waals surface area contributed by atoms with E-state index in [4.69, 9.17) is 0 Å². The molecular formula is C18H16. The molecule has 0 unspecified atom stereocenters. The molecule has 0 aromatic heterocycles. The summed E-state index contributed by atoms with van der Waals surface area (Å²) in [5.41, 5.74) is 6.51. The Hall–Kier alpha value is -1.56. The maximum absolute atomic E-state index is 2.37. The highest BCUT2D eigenvalue weighted by molar-refractivity contribution is 5.57. The molecule has 1 fully saturated rings. The molecule has 6 rings (SSSR count). The Morgan fingerprint density at radius 3 is 1.17 bits per heavy atom. The zero-order chi connectivity index (χ0) is 11.7. The van der Waals surface area contributed by atoms with Gasteiger partial charge in [-0.2, -0.15) is 0 Å². The van der Waals surface area contributed by atoms with Crippen molar-refractivity contribution in [1.82, 2.24) is 0 Å². The number of hydrogen-bond donors (Lipinski definition) is 0. The van der Waals surface area contributed by atoms with Crippen LogP contribution in [0.1, 0.15) is 46.9 Å². The highest BCUT2D eigenvalue weighted by Crippen LogP contribution is 2.64. The fourth-order valence-electron chi connectivity index (χ4n) is 4.79. The van der Waals surface area contributed by atoms with Crippen molar-refractivity contribution >= 4 is 0 Å². The number of rotatable bonds is 0. The molecule has 2 bridgehead atoms. The van der Waals surface area contributed by atoms with Crippen LogP contribution in [0.2, 0.25) is 0 Å². The van der Waals surface area contributed by atoms with Gasteiger partial charge in [-0.25, -0.2) is 0 Å². The summed E-state index contributed by atoms with van der Waals surface area (Å²) in [6.07, 6.45) is 2.88. The van der Waals surface area contributed by atoms with Gasteiger partial charge in [0.2, 0.25) is 0 Å². The summed E-state index contributed by atoms with van der Waals surface area (Å²) >= 11 is 0. The van der Waals surface area contributed by atoms with Crippen LogP contribution in [-0.4, -0.2) is 0 Å². The molecule has 18 heavy (non-hydrogen) atoms. The van der Waals surface area contributed by atoms with E-state index in [0.717, 1.165) is 11.8 Å². The highest BCUT2D eigenvalue weighted by atomic mass is 14.6. The smallest absolute Gasteiger partial charge is 0.0126 e. The van der Waals surface area contributed by atoms with Crippen molar-refractivity contribution in [3.63, 3.8) is 0 Å². The zero-order valence-electron chi connectivity index (χ0n) is 10.3. The van der Waals surface area contributed by atoms with E-state index >= 15 is 0 Å². The molecular weight excluding hydrogens is 216 g/mol. The second kappa shape index (κ2) is 3.06. The maximum atomic E-state index is 2.37. The average Bonchev–Trinajstić information content (AvgIpc) is 2.40. The molecule has 0 aliphatic heterocycles. The lowest BCUT2D eigenvalue weighted by Gasteiger charge is -2.56. The second-order valence-corrected chi connectivity index (χ2v) is 6.12. The van der Waals surface area contributed by atoms with Crippen LogP contribution in [0.15, 0.2) is 48.5 Å². The molecule has 2 aromatic rings. The van der Waals surface area contributed by atoms with Crippen molar-refractivity contribution in [3.8, 4) is 0 Å². The minimum atomic E-state index is 0.696. The average molecular weight is 232 g/mol. The van der Waals surface area contributed by atoms with Gasteiger partial charge in [-0.15, -0.1) is 0 Å². The molecule has 0 heteroatoms. The third-order valence-electron chi connectivity index (χ3n) is 5.57. The monoisotopic (exact) mass is 232 g/mol. The van der Waals surface area contributed by atoms with Gasteiger partial charge in [0.15, 0.2) is 0 Å². The summed E-state index contributed by atoms with van der Waals surface area (Å²) in [5, 5.41) is 0. The molecule has 2 aromatic carbocycles. The van der Waals surface area contributed by atoms with Gasteiger partial charge >= 0.3 is 0 Å². The van der Waals surface area contributed by atoms with Crippen molar-refractivity contribution < 1.29 is 0 Å². The number of hydrogen-bond acceptors (Lipinski definition) is 0. The van der Waals surface area contributed by atoms with Gasteiger partial charge in [0, 0.05) is 11.8 Å². The van der Waals surface area contributed by atoms with Gasteiger partial charge in [0.25, 0.3) is 0 Å². The van der Waals surface area contributed by atoms with Gasteiger partial charge < -0.3 is 0 Å². The summed E-state index contributed by atoms with van der Waals surface area (Å²) in [7, 11) is 0. The molecule has 4 aliphatic rings. The van der Waals surface area contributed by atoms with E-state index in [9.17, 15) is 0 Å². The van der Waals surface area contributed by atoms with Crippen molar-refractivity contribution in [2.24, 2.45) is 11.8 Å². The van der Waals surface area contributed by atoms with Crippen LogP contribution in [0.3, 0.4) is 0 Å². The fraction of sp³-hybridized carbons (Fsp3) is 0.333. The minimum absolute atomic E-state index is 0.696. The molecule has 4 aliphatic carbocycles. The topological polar surface area (TPSA) is 0 Å². The quantitative estimate of drug-likeness (QED) is 0.635. The first-order chi connectivity index (χ1) is 8.95. The van der Waals surface area contributed by atoms with Crippen molar-refractivity contribution in [1.29, 1.82) is 0 Å². The second-order valence-electron chi connectivity index (χ2n) is 6.12. The van der Waals surface area contributed by atoms with Gasteiger partial charge in [-0.3, -0.25) is 0 Å². The Bertz CT molecular complexity index is 536. The minimum Gasteiger partial charge on any atom is -0.0620 e. The lowest BCUT2D eigenvalue weighted by atomic mass is 9.47. The predicted molar refractivity (Wildman–Crippen MR) is 72.8 cm³/mol. The summed E-state index contributed by atoms with van der Waals surface area (Å²) in [6.45, 7) is 0. The molecule has 0 heterocycles. The van der Waals surface area contributed by atoms with Gasteiger partial charge in [-0.05, 0) is 46.9 Å². The van der Waals surface area contributed by atoms with E-state index in [1.165, 1.54) is 12.8 Å². The van der Waals surface area contributed by atoms with E-state index in [1.807, 2.05) is 0 Å². The summed E-state index contributed by atoms with van der Waals surface area (Å²) in [6, 6.07) is 18.4. The predicted octanol–water partition coefficient (Wildman–Crippen LogP) is 4.30. The van der Waals surface area contributed by atoms with Gasteiger partial charge in [-0.1, -0.05) is 48.5 Å². The van der Waals surface area contributed by atoms with Crippen molar-refractivity contribution in [2.75, 3.05) is 0 Å². The van der Waals surface area contributed by atoms with Crippen LogP contribution in [0, 0.1) is 11.8 Å². The molecule has 0 saturated heterocycles. The highest BCUT2D eigenvalue weighted by Gasteiger charge is 2.53. The van der Waals surface area contributed by atoms with Crippen LogP contribution in [-0.2, 0) is 0 Å². The maximum Gasteiger partial charge on any atom is 0.0126 e. The molecule has 88 valence electrons. The molecule has 2 atom stereocenters. The molecule has 0 spiro atoms. The molecule has 0 nitrogen and oxygen atoms in total. The SMILES string of the molecule is c1ccc2c(c1)C1c3ccccc3C2[C@@H]2CC[C@@H]12. The largest absolute Gasteiger partial charge is 0.0620 e. The third kappa shape index (κ3) is 0.913. The normalized spacial score (nSPS) is 34.2. The van der Waals surface area contributed by atoms with E-state index < -0.39 is 0 Å². The lowest BCUT2D eigenvalue weighted by molar-refractivity contribution is 0.106. The molecule has 0 amide bonds. The number of benzene rings is 2. The Balaban J connectivity index is 1.87. The summed E-state index contributed by atoms with van der Waals surface area (Å²) in [5.74, 6) is 3.25. The van der Waals surface area contributed by atoms with E-state index in [0.29, 0.717) is 11.8 Å². The van der Waals surface area contributed by atoms with Crippen LogP contribution in [0.4, 0.5) is 0 Å². The Kier molecular flexibility index (Phi) is 1.59. The summed E-state index contributed by atoms with van der Waals surface area (Å²) < 4.78 is 0. The third-order valence-corrected chi connectivity index (χ3v) is 5.57. The molecule has 0 N–H and O–H groups in total. The zero-order valence-corrected chi connectivity index (χ0v) is 10.3. The van der Waals surface area contributed by atoms with E-state index in [1.54, 1.807) is 22.3 Å². The molecule has 0 radical (unpaired) electrons. The van der Waals surface area contributed by atoms with Crippen LogP contribution < -0.4 is 0 Å². The van der Waals surface area contributed by atoms with Crippen LogP contribution in [0.25, 0.3) is 0 Å². The summed E-state index contributed by atoms with van der Waals surface area (Å²) in [4.78, 5) is 0. The Morgan fingerprint density at radius 2 is 0.889 bits per heavy atom. The lowest BCUT2D eigenvalue weighted by Crippen LogP contribution is -2.45. The van der Waals surface area contributed by atoms with Gasteiger partial charge in [0.05, 0.1) is 0 Å². The fourth-order valence-corrected chi connectivity index (χ4v) is 4.79. The van der Waals surface area contributed by atoms with E-state index in [-0.39, 0.29) is 0 Å². The van der Waals surface area contributed by atoms with E-state index in [2.05, 4.69) is 48.5 Å². The first-order valence-electron chi connectivity index (χ1n) is 7.13. The van der Waals surface area contributed by atoms with Crippen LogP contribution >= 0.6 is 0 Å². The van der Waals surface area contributed by atoms with Crippen molar-refractivity contribution in [2.45, 2.75) is 24.7 Å².